The molecule has 0 aliphatic rings. The Kier molecular flexibility index (Phi) is 8.42. The summed E-state index contributed by atoms with van der Waals surface area (Å²) in [5, 5.41) is 7.59. The van der Waals surface area contributed by atoms with Crippen LogP contribution in [0.4, 0.5) is 5.69 Å². The first-order valence-corrected chi connectivity index (χ1v) is 11.7. The van der Waals surface area contributed by atoms with Crippen LogP contribution in [0.15, 0.2) is 30.3 Å². The molecule has 0 fully saturated rings. The van der Waals surface area contributed by atoms with Gasteiger partial charge in [-0.05, 0) is 75.6 Å². The van der Waals surface area contributed by atoms with E-state index in [1.165, 1.54) is 0 Å². The number of ether oxygens (including phenoxy) is 3. The maximum absolute atomic E-state index is 12.6. The van der Waals surface area contributed by atoms with Gasteiger partial charge in [0, 0.05) is 11.1 Å². The number of nitrogens with zero attached hydrogens (tertiary/aromatic N) is 2. The van der Waals surface area contributed by atoms with Gasteiger partial charge < -0.3 is 19.5 Å². The van der Waals surface area contributed by atoms with E-state index in [1.807, 2.05) is 20.8 Å². The fraction of sp³-hybridized carbons (Fsp3) is 0.346. The lowest BCUT2D eigenvalue weighted by Gasteiger charge is -2.14. The van der Waals surface area contributed by atoms with E-state index in [0.717, 1.165) is 22.2 Å². The molecular formula is C26H29N3O7. The summed E-state index contributed by atoms with van der Waals surface area (Å²) in [4.78, 5) is 48.1. The Bertz CT molecular complexity index is 1300. The molecule has 10 nitrogen and oxygen atoms in total. The van der Waals surface area contributed by atoms with Crippen molar-refractivity contribution < 1.29 is 33.4 Å². The zero-order chi connectivity index (χ0) is 26.4. The zero-order valence-corrected chi connectivity index (χ0v) is 21.0. The molecule has 2 aromatic carbocycles. The summed E-state index contributed by atoms with van der Waals surface area (Å²) in [6, 6.07) is 8.52. The third-order valence-corrected chi connectivity index (χ3v) is 5.26. The Morgan fingerprint density at radius 2 is 1.56 bits per heavy atom. The van der Waals surface area contributed by atoms with Gasteiger partial charge in [-0.3, -0.25) is 9.59 Å². The molecule has 1 aromatic heterocycles. The quantitative estimate of drug-likeness (QED) is 0.383. The van der Waals surface area contributed by atoms with Crippen LogP contribution in [-0.4, -0.2) is 46.7 Å². The highest BCUT2D eigenvalue weighted by Crippen LogP contribution is 2.34. The van der Waals surface area contributed by atoms with Gasteiger partial charge >= 0.3 is 23.8 Å². The van der Waals surface area contributed by atoms with Crippen molar-refractivity contribution in [2.45, 2.75) is 47.5 Å². The lowest BCUT2D eigenvalue weighted by atomic mass is 10.1. The van der Waals surface area contributed by atoms with Crippen LogP contribution >= 0.6 is 0 Å². The molecule has 0 aliphatic carbocycles. The molecule has 190 valence electrons. The van der Waals surface area contributed by atoms with Gasteiger partial charge in [-0.1, -0.05) is 13.3 Å². The van der Waals surface area contributed by atoms with E-state index in [0.29, 0.717) is 40.2 Å². The molecule has 1 N–H and O–H groups in total. The molecule has 0 aliphatic heterocycles. The first kappa shape index (κ1) is 26.4. The minimum absolute atomic E-state index is 0.0909. The van der Waals surface area contributed by atoms with E-state index < -0.39 is 23.8 Å². The number of nitrogens with one attached hydrogen (secondary N) is 1. The summed E-state index contributed by atoms with van der Waals surface area (Å²) in [5.74, 6) is -2.54. The van der Waals surface area contributed by atoms with Gasteiger partial charge in [-0.25, -0.2) is 9.59 Å². The summed E-state index contributed by atoms with van der Waals surface area (Å²) in [7, 11) is 0. The van der Waals surface area contributed by atoms with Crippen molar-refractivity contribution in [1.82, 2.24) is 9.78 Å². The summed E-state index contributed by atoms with van der Waals surface area (Å²) in [5.41, 5.74) is 3.05. The lowest BCUT2D eigenvalue weighted by molar-refractivity contribution is -0.152. The number of fused-ring (bicyclic) bond motifs is 1. The smallest absolute Gasteiger partial charge is 0.399 e. The Morgan fingerprint density at radius 1 is 0.917 bits per heavy atom. The maximum Gasteiger partial charge on any atom is 0.399 e. The Labute approximate surface area is 208 Å². The number of benzene rings is 2. The topological polar surface area (TPSA) is 126 Å². The number of aryl methyl sites for hydroxylation is 3. The second-order valence-electron chi connectivity index (χ2n) is 8.03. The number of amides is 1. The first-order valence-electron chi connectivity index (χ1n) is 11.7. The Morgan fingerprint density at radius 3 is 2.17 bits per heavy atom. The third kappa shape index (κ3) is 5.70. The molecule has 0 unspecified atom stereocenters. The van der Waals surface area contributed by atoms with Gasteiger partial charge in [0.25, 0.3) is 0 Å². The monoisotopic (exact) mass is 495 g/mol. The highest BCUT2D eigenvalue weighted by molar-refractivity contribution is 6.37. The number of hydrogen-bond acceptors (Lipinski definition) is 8. The van der Waals surface area contributed by atoms with Crippen LogP contribution < -0.4 is 10.1 Å². The standard InChI is InChI=1S/C26H29N3O7/c1-6-9-20-19-14-18(10-11-21(19)29(28-20)24(31)26(33)35-8-3)36-22-15(4)12-17(13-16(22)5)27-23(30)25(32)34-7-2/h10-14H,6-9H2,1-5H3,(H,27,30). The minimum Gasteiger partial charge on any atom is -0.459 e. The highest BCUT2D eigenvalue weighted by atomic mass is 16.5. The van der Waals surface area contributed by atoms with Crippen molar-refractivity contribution in [3.05, 3.63) is 47.2 Å². The normalized spacial score (nSPS) is 10.7. The van der Waals surface area contributed by atoms with Crippen molar-refractivity contribution in [3.63, 3.8) is 0 Å². The van der Waals surface area contributed by atoms with E-state index >= 15 is 0 Å². The van der Waals surface area contributed by atoms with Crippen LogP contribution in [0.1, 0.15) is 48.8 Å². The van der Waals surface area contributed by atoms with Gasteiger partial charge in [0.2, 0.25) is 0 Å². The van der Waals surface area contributed by atoms with Crippen LogP contribution in [0.3, 0.4) is 0 Å². The van der Waals surface area contributed by atoms with Crippen LogP contribution in [-0.2, 0) is 30.3 Å². The molecule has 10 heteroatoms. The molecule has 3 aromatic rings. The fourth-order valence-electron chi connectivity index (χ4n) is 3.76. The molecule has 0 radical (unpaired) electrons. The average molecular weight is 496 g/mol. The summed E-state index contributed by atoms with van der Waals surface area (Å²) in [6.45, 7) is 9.08. The Balaban J connectivity index is 1.91. The molecule has 1 amide bonds. The summed E-state index contributed by atoms with van der Waals surface area (Å²) in [6.07, 6.45) is 1.40. The number of esters is 2. The average Bonchev–Trinajstić information content (AvgIpc) is 3.19. The van der Waals surface area contributed by atoms with Crippen molar-refractivity contribution >= 4 is 40.3 Å². The number of aromatic nitrogens is 2. The van der Waals surface area contributed by atoms with E-state index in [1.54, 1.807) is 44.2 Å². The predicted molar refractivity (Wildman–Crippen MR) is 132 cm³/mol. The predicted octanol–water partition coefficient (Wildman–Crippen LogP) is 4.10. The van der Waals surface area contributed by atoms with E-state index in [2.05, 4.69) is 10.4 Å². The summed E-state index contributed by atoms with van der Waals surface area (Å²) >= 11 is 0. The molecule has 0 saturated heterocycles. The molecule has 3 rings (SSSR count). The second-order valence-corrected chi connectivity index (χ2v) is 8.03. The molecule has 0 atom stereocenters. The number of hydrogen-bond donors (Lipinski definition) is 1. The molecule has 0 spiro atoms. The van der Waals surface area contributed by atoms with Crippen LogP contribution in [0.2, 0.25) is 0 Å². The number of rotatable bonds is 7. The molecule has 0 bridgehead atoms. The molecule has 0 saturated carbocycles. The van der Waals surface area contributed by atoms with Gasteiger partial charge in [-0.2, -0.15) is 9.78 Å². The number of anilines is 1. The number of carbonyl (C=O) groups excluding carboxylic acids is 4. The third-order valence-electron chi connectivity index (χ3n) is 5.26. The van der Waals surface area contributed by atoms with Crippen LogP contribution in [0.25, 0.3) is 10.9 Å². The van der Waals surface area contributed by atoms with Crippen molar-refractivity contribution in [1.29, 1.82) is 0 Å². The highest BCUT2D eigenvalue weighted by Gasteiger charge is 2.23. The number of carbonyl (C=O) groups is 4. The van der Waals surface area contributed by atoms with Crippen LogP contribution in [0.5, 0.6) is 11.5 Å². The second kappa shape index (κ2) is 11.5. The van der Waals surface area contributed by atoms with Gasteiger partial charge in [-0.15, -0.1) is 0 Å². The van der Waals surface area contributed by atoms with Gasteiger partial charge in [0.1, 0.15) is 11.5 Å². The van der Waals surface area contributed by atoms with Gasteiger partial charge in [0.15, 0.2) is 0 Å². The van der Waals surface area contributed by atoms with E-state index in [4.69, 9.17) is 14.2 Å². The molecule has 1 heterocycles. The molecular weight excluding hydrogens is 466 g/mol. The largest absolute Gasteiger partial charge is 0.459 e. The summed E-state index contributed by atoms with van der Waals surface area (Å²) < 4.78 is 16.8. The first-order chi connectivity index (χ1) is 17.2. The van der Waals surface area contributed by atoms with Crippen LogP contribution in [0, 0.1) is 13.8 Å². The van der Waals surface area contributed by atoms with Gasteiger partial charge in [0.05, 0.1) is 24.4 Å². The van der Waals surface area contributed by atoms with E-state index in [-0.39, 0.29) is 13.2 Å². The van der Waals surface area contributed by atoms with E-state index in [9.17, 15) is 19.2 Å². The lowest BCUT2D eigenvalue weighted by Crippen LogP contribution is -2.25. The van der Waals surface area contributed by atoms with Crippen molar-refractivity contribution in [2.75, 3.05) is 18.5 Å². The minimum atomic E-state index is -0.966. The zero-order valence-electron chi connectivity index (χ0n) is 21.0. The van der Waals surface area contributed by atoms with Crippen molar-refractivity contribution in [2.24, 2.45) is 0 Å². The van der Waals surface area contributed by atoms with Crippen molar-refractivity contribution in [3.8, 4) is 11.5 Å². The SMILES string of the molecule is CCCc1nn(C(=O)C(=O)OCC)c2ccc(Oc3c(C)cc(NC(=O)C(=O)OCC)cc3C)cc12. The maximum atomic E-state index is 12.6. The Hall–Kier alpha value is -4.21. The molecule has 36 heavy (non-hydrogen) atoms. The fourth-order valence-corrected chi connectivity index (χ4v) is 3.76.